The van der Waals surface area contributed by atoms with Crippen LogP contribution in [0.5, 0.6) is 0 Å². The van der Waals surface area contributed by atoms with Crippen LogP contribution in [0.1, 0.15) is 17.3 Å². The summed E-state index contributed by atoms with van der Waals surface area (Å²) in [6.07, 6.45) is 0. The Morgan fingerprint density at radius 2 is 1.83 bits per heavy atom. The van der Waals surface area contributed by atoms with E-state index in [9.17, 15) is 28.1 Å². The molecule has 2 aromatic carbocycles. The first-order chi connectivity index (χ1) is 13.7. The molecule has 11 heteroatoms. The van der Waals surface area contributed by atoms with Crippen molar-refractivity contribution in [3.8, 4) is 0 Å². The third kappa shape index (κ3) is 4.88. The van der Waals surface area contributed by atoms with Gasteiger partial charge in [-0.15, -0.1) is 0 Å². The summed E-state index contributed by atoms with van der Waals surface area (Å²) in [6, 6.07) is 10.1. The van der Waals surface area contributed by atoms with Gasteiger partial charge in [0.25, 0.3) is 15.7 Å². The zero-order valence-electron chi connectivity index (χ0n) is 15.6. The summed E-state index contributed by atoms with van der Waals surface area (Å²) in [7, 11) is -3.47. The number of nitro benzene ring substituents is 1. The van der Waals surface area contributed by atoms with Crippen LogP contribution in [0.25, 0.3) is 0 Å². The van der Waals surface area contributed by atoms with Gasteiger partial charge in [0, 0.05) is 6.07 Å². The van der Waals surface area contributed by atoms with Gasteiger partial charge in [-0.05, 0) is 31.2 Å². The summed E-state index contributed by atoms with van der Waals surface area (Å²) in [5.74, 6) is -1.58. The molecule has 0 atom stereocenters. The van der Waals surface area contributed by atoms with Gasteiger partial charge < -0.3 is 9.47 Å². The lowest BCUT2D eigenvalue weighted by atomic mass is 10.2. The highest BCUT2D eigenvalue weighted by Gasteiger charge is 2.33. The maximum atomic E-state index is 13.2. The van der Waals surface area contributed by atoms with E-state index in [0.29, 0.717) is 4.31 Å². The quantitative estimate of drug-likeness (QED) is 0.359. The number of benzene rings is 2. The Kier molecular flexibility index (Phi) is 6.89. The molecular formula is C18H18N2O8S. The largest absolute Gasteiger partial charge is 0.468 e. The number of methoxy groups -OCH3 is 1. The lowest BCUT2D eigenvalue weighted by Gasteiger charge is -2.23. The maximum absolute atomic E-state index is 13.2. The molecule has 29 heavy (non-hydrogen) atoms. The van der Waals surface area contributed by atoms with Gasteiger partial charge in [-0.3, -0.25) is 19.2 Å². The minimum Gasteiger partial charge on any atom is -0.468 e. The van der Waals surface area contributed by atoms with Gasteiger partial charge in [-0.2, -0.15) is 0 Å². The Balaban J connectivity index is 2.63. The molecule has 0 N–H and O–H groups in total. The Labute approximate surface area is 166 Å². The molecule has 10 nitrogen and oxygen atoms in total. The number of nitrogens with zero attached hydrogens (tertiary/aromatic N) is 2. The molecule has 0 spiro atoms. The second-order valence-corrected chi connectivity index (χ2v) is 7.41. The molecule has 0 aliphatic heterocycles. The first-order valence-electron chi connectivity index (χ1n) is 8.32. The zero-order valence-corrected chi connectivity index (χ0v) is 16.4. The Morgan fingerprint density at radius 1 is 1.14 bits per heavy atom. The summed E-state index contributed by atoms with van der Waals surface area (Å²) in [5.41, 5.74) is -0.653. The van der Waals surface area contributed by atoms with Crippen molar-refractivity contribution in [2.45, 2.75) is 11.8 Å². The van der Waals surface area contributed by atoms with Crippen molar-refractivity contribution in [1.82, 2.24) is 0 Å². The third-order valence-electron chi connectivity index (χ3n) is 3.78. The van der Waals surface area contributed by atoms with Crippen molar-refractivity contribution in [1.29, 1.82) is 0 Å². The van der Waals surface area contributed by atoms with Crippen molar-refractivity contribution in [3.63, 3.8) is 0 Å². The summed E-state index contributed by atoms with van der Waals surface area (Å²) in [6.45, 7) is 0.977. The van der Waals surface area contributed by atoms with Crippen molar-refractivity contribution < 1.29 is 32.4 Å². The predicted octanol–water partition coefficient (Wildman–Crippen LogP) is 2.14. The molecule has 0 aliphatic rings. The fourth-order valence-corrected chi connectivity index (χ4v) is 4.01. The molecule has 0 aromatic heterocycles. The van der Waals surface area contributed by atoms with Gasteiger partial charge in [0.1, 0.15) is 6.54 Å². The monoisotopic (exact) mass is 422 g/mol. The van der Waals surface area contributed by atoms with Gasteiger partial charge >= 0.3 is 11.9 Å². The number of hydrogen-bond acceptors (Lipinski definition) is 8. The van der Waals surface area contributed by atoms with E-state index >= 15 is 0 Å². The van der Waals surface area contributed by atoms with Crippen LogP contribution in [0.2, 0.25) is 0 Å². The molecular weight excluding hydrogens is 404 g/mol. The SMILES string of the molecule is CCOC(=O)c1cccc(N(CC(=O)OC)S(=O)(=O)c2ccccc2[N+](=O)[O-])c1. The second kappa shape index (κ2) is 9.15. The first-order valence-corrected chi connectivity index (χ1v) is 9.76. The molecule has 0 bridgehead atoms. The van der Waals surface area contributed by atoms with Gasteiger partial charge in [0.2, 0.25) is 0 Å². The standard InChI is InChI=1S/C18H18N2O8S/c1-3-28-18(22)13-7-6-8-14(11-13)19(12-17(21)27-2)29(25,26)16-10-5-4-9-15(16)20(23)24/h4-11H,3,12H2,1-2H3. The van der Waals surface area contributed by atoms with E-state index in [0.717, 1.165) is 19.2 Å². The minimum absolute atomic E-state index is 0.0528. The lowest BCUT2D eigenvalue weighted by Crippen LogP contribution is -2.36. The molecule has 0 saturated carbocycles. The highest BCUT2D eigenvalue weighted by atomic mass is 32.2. The van der Waals surface area contributed by atoms with E-state index in [1.165, 1.54) is 36.4 Å². The number of sulfonamides is 1. The van der Waals surface area contributed by atoms with E-state index < -0.39 is 44.0 Å². The molecule has 0 fully saturated rings. The molecule has 0 saturated heterocycles. The first kappa shape index (κ1) is 21.8. The fourth-order valence-electron chi connectivity index (χ4n) is 2.44. The summed E-state index contributed by atoms with van der Waals surface area (Å²) in [4.78, 5) is 33.7. The number of nitro groups is 1. The number of ether oxygens (including phenoxy) is 2. The molecule has 2 aromatic rings. The number of carbonyl (C=O) groups is 2. The van der Waals surface area contributed by atoms with Crippen LogP contribution in [0.3, 0.4) is 0 Å². The fraction of sp³-hybridized carbons (Fsp3) is 0.222. The van der Waals surface area contributed by atoms with E-state index in [-0.39, 0.29) is 17.9 Å². The highest BCUT2D eigenvalue weighted by molar-refractivity contribution is 7.93. The smallest absolute Gasteiger partial charge is 0.338 e. The molecule has 0 amide bonds. The van der Waals surface area contributed by atoms with Crippen molar-refractivity contribution >= 4 is 33.3 Å². The minimum atomic E-state index is -4.55. The number of para-hydroxylation sites is 1. The Bertz CT molecular complexity index is 1040. The molecule has 0 radical (unpaired) electrons. The van der Waals surface area contributed by atoms with Gasteiger partial charge in [0.15, 0.2) is 4.90 Å². The number of hydrogen-bond donors (Lipinski definition) is 0. The maximum Gasteiger partial charge on any atom is 0.338 e. The average Bonchev–Trinajstić information content (AvgIpc) is 2.71. The Morgan fingerprint density at radius 3 is 2.45 bits per heavy atom. The Hall–Kier alpha value is -3.47. The van der Waals surface area contributed by atoms with E-state index in [1.807, 2.05) is 0 Å². The molecule has 154 valence electrons. The van der Waals surface area contributed by atoms with Crippen LogP contribution in [0.15, 0.2) is 53.4 Å². The van der Waals surface area contributed by atoms with Gasteiger partial charge in [-0.25, -0.2) is 13.2 Å². The van der Waals surface area contributed by atoms with Crippen molar-refractivity contribution in [2.24, 2.45) is 0 Å². The number of anilines is 1. The number of carbonyl (C=O) groups excluding carboxylic acids is 2. The summed E-state index contributed by atoms with van der Waals surface area (Å²) in [5, 5.41) is 11.3. The van der Waals surface area contributed by atoms with Crippen LogP contribution in [-0.2, 0) is 24.3 Å². The van der Waals surface area contributed by atoms with Crippen molar-refractivity contribution in [2.75, 3.05) is 24.6 Å². The van der Waals surface area contributed by atoms with E-state index in [4.69, 9.17) is 4.74 Å². The van der Waals surface area contributed by atoms with Crippen LogP contribution in [-0.4, -0.2) is 45.5 Å². The highest BCUT2D eigenvalue weighted by Crippen LogP contribution is 2.30. The second-order valence-electron chi connectivity index (χ2n) is 5.58. The topological polar surface area (TPSA) is 133 Å². The molecule has 0 unspecified atom stereocenters. The normalized spacial score (nSPS) is 10.8. The molecule has 0 aliphatic carbocycles. The zero-order chi connectivity index (χ0) is 21.6. The lowest BCUT2D eigenvalue weighted by molar-refractivity contribution is -0.387. The summed E-state index contributed by atoms with van der Waals surface area (Å²) < 4.78 is 36.5. The van der Waals surface area contributed by atoms with Crippen LogP contribution < -0.4 is 4.31 Å². The van der Waals surface area contributed by atoms with E-state index in [2.05, 4.69) is 4.74 Å². The number of rotatable bonds is 8. The van der Waals surface area contributed by atoms with Gasteiger partial charge in [-0.1, -0.05) is 18.2 Å². The summed E-state index contributed by atoms with van der Waals surface area (Å²) >= 11 is 0. The molecule has 2 rings (SSSR count). The molecule has 0 heterocycles. The van der Waals surface area contributed by atoms with Crippen LogP contribution in [0, 0.1) is 10.1 Å². The number of esters is 2. The third-order valence-corrected chi connectivity index (χ3v) is 5.60. The van der Waals surface area contributed by atoms with Crippen molar-refractivity contribution in [3.05, 3.63) is 64.2 Å². The van der Waals surface area contributed by atoms with E-state index in [1.54, 1.807) is 6.92 Å². The average molecular weight is 422 g/mol. The predicted molar refractivity (Wildman–Crippen MR) is 102 cm³/mol. The van der Waals surface area contributed by atoms with Gasteiger partial charge in [0.05, 0.1) is 29.9 Å². The van der Waals surface area contributed by atoms with Crippen LogP contribution in [0.4, 0.5) is 11.4 Å². The van der Waals surface area contributed by atoms with Crippen LogP contribution >= 0.6 is 0 Å².